The van der Waals surface area contributed by atoms with Gasteiger partial charge in [0.15, 0.2) is 5.16 Å². The molecule has 140 valence electrons. The predicted octanol–water partition coefficient (Wildman–Crippen LogP) is 2.74. The number of rotatable bonds is 9. The average Bonchev–Trinajstić information content (AvgIpc) is 2.94. The topological polar surface area (TPSA) is 103 Å². The molecule has 0 bridgehead atoms. The van der Waals surface area contributed by atoms with Crippen LogP contribution in [0.1, 0.15) is 26.1 Å². The molecular weight excluding hydrogens is 374 g/mol. The largest absolute Gasteiger partial charge is 0.370 e. The maximum Gasteiger partial charge on any atom is 0.234 e. The lowest BCUT2D eigenvalue weighted by Crippen LogP contribution is -2.16. The highest BCUT2D eigenvalue weighted by atomic mass is 35.5. The molecule has 0 unspecified atom stereocenters. The van der Waals surface area contributed by atoms with Gasteiger partial charge in [-0.1, -0.05) is 49.3 Å². The minimum Gasteiger partial charge on any atom is -0.370 e. The molecule has 1 aromatic heterocycles. The predicted molar refractivity (Wildman–Crippen MR) is 103 cm³/mol. The van der Waals surface area contributed by atoms with Crippen molar-refractivity contribution in [3.8, 4) is 0 Å². The SMILES string of the molecule is CC(C)Cn1c(CCC(N)=O)nnc1SCC(=O)Nc1ccccc1Cl. The molecule has 0 aliphatic rings. The number of carbonyl (C=O) groups is 2. The fourth-order valence-corrected chi connectivity index (χ4v) is 3.22. The Bertz CT molecular complexity index is 778. The monoisotopic (exact) mass is 395 g/mol. The van der Waals surface area contributed by atoms with E-state index in [1.54, 1.807) is 24.3 Å². The summed E-state index contributed by atoms with van der Waals surface area (Å²) in [6.45, 7) is 4.86. The summed E-state index contributed by atoms with van der Waals surface area (Å²) in [6, 6.07) is 7.07. The number of aromatic nitrogens is 3. The minimum atomic E-state index is -0.377. The highest BCUT2D eigenvalue weighted by molar-refractivity contribution is 7.99. The molecule has 0 aliphatic carbocycles. The second-order valence-corrected chi connectivity index (χ2v) is 7.54. The van der Waals surface area contributed by atoms with Gasteiger partial charge < -0.3 is 15.6 Å². The van der Waals surface area contributed by atoms with Gasteiger partial charge in [0.05, 0.1) is 16.5 Å². The van der Waals surface area contributed by atoms with E-state index in [0.29, 0.717) is 40.6 Å². The number of benzene rings is 1. The standard InChI is InChI=1S/C17H22ClN5O2S/c1-11(2)9-23-15(8-7-14(19)24)21-22-17(23)26-10-16(25)20-13-6-4-3-5-12(13)18/h3-6,11H,7-10H2,1-2H3,(H2,19,24)(H,20,25). The van der Waals surface area contributed by atoms with E-state index >= 15 is 0 Å². The third kappa shape index (κ3) is 6.03. The van der Waals surface area contributed by atoms with Crippen LogP contribution in [-0.2, 0) is 22.6 Å². The van der Waals surface area contributed by atoms with Gasteiger partial charge in [-0.2, -0.15) is 0 Å². The number of aryl methyl sites for hydroxylation is 1. The van der Waals surface area contributed by atoms with Crippen molar-refractivity contribution in [2.75, 3.05) is 11.1 Å². The Labute approximate surface area is 161 Å². The quantitative estimate of drug-likeness (QED) is 0.635. The Hall–Kier alpha value is -2.06. The first kappa shape index (κ1) is 20.3. The van der Waals surface area contributed by atoms with Crippen molar-refractivity contribution in [1.29, 1.82) is 0 Å². The van der Waals surface area contributed by atoms with Crippen molar-refractivity contribution in [2.45, 2.75) is 38.4 Å². The summed E-state index contributed by atoms with van der Waals surface area (Å²) in [4.78, 5) is 23.2. The van der Waals surface area contributed by atoms with Gasteiger partial charge in [-0.15, -0.1) is 10.2 Å². The van der Waals surface area contributed by atoms with Gasteiger partial charge in [0.25, 0.3) is 0 Å². The second kappa shape index (κ2) is 9.59. The molecule has 9 heteroatoms. The number of para-hydroxylation sites is 1. The van der Waals surface area contributed by atoms with Crippen molar-refractivity contribution in [1.82, 2.24) is 14.8 Å². The molecule has 7 nitrogen and oxygen atoms in total. The zero-order valence-electron chi connectivity index (χ0n) is 14.7. The third-order valence-corrected chi connectivity index (χ3v) is 4.71. The number of hydrogen-bond acceptors (Lipinski definition) is 5. The van der Waals surface area contributed by atoms with Crippen LogP contribution in [0.15, 0.2) is 29.4 Å². The van der Waals surface area contributed by atoms with Crippen LogP contribution in [0.3, 0.4) is 0 Å². The van der Waals surface area contributed by atoms with E-state index in [9.17, 15) is 9.59 Å². The van der Waals surface area contributed by atoms with Crippen molar-refractivity contribution in [3.63, 3.8) is 0 Å². The highest BCUT2D eigenvalue weighted by Crippen LogP contribution is 2.22. The fraction of sp³-hybridized carbons (Fsp3) is 0.412. The molecule has 1 heterocycles. The van der Waals surface area contributed by atoms with E-state index in [1.807, 2.05) is 4.57 Å². The Balaban J connectivity index is 2.02. The van der Waals surface area contributed by atoms with Crippen LogP contribution in [0.25, 0.3) is 0 Å². The zero-order valence-corrected chi connectivity index (χ0v) is 16.3. The average molecular weight is 396 g/mol. The fourth-order valence-electron chi connectivity index (χ4n) is 2.27. The number of hydrogen-bond donors (Lipinski definition) is 2. The van der Waals surface area contributed by atoms with E-state index in [-0.39, 0.29) is 24.0 Å². The van der Waals surface area contributed by atoms with Crippen LogP contribution >= 0.6 is 23.4 Å². The van der Waals surface area contributed by atoms with Gasteiger partial charge in [0.1, 0.15) is 5.82 Å². The molecule has 0 fully saturated rings. The lowest BCUT2D eigenvalue weighted by Gasteiger charge is -2.12. The van der Waals surface area contributed by atoms with Crippen LogP contribution in [0.4, 0.5) is 5.69 Å². The van der Waals surface area contributed by atoms with Gasteiger partial charge >= 0.3 is 0 Å². The number of nitrogens with one attached hydrogen (secondary N) is 1. The maximum atomic E-state index is 12.2. The number of nitrogens with zero attached hydrogens (tertiary/aromatic N) is 3. The number of carbonyl (C=O) groups excluding carboxylic acids is 2. The van der Waals surface area contributed by atoms with Crippen molar-refractivity contribution in [3.05, 3.63) is 35.1 Å². The third-order valence-electron chi connectivity index (χ3n) is 3.42. The summed E-state index contributed by atoms with van der Waals surface area (Å²) in [5, 5.41) is 12.2. The normalized spacial score (nSPS) is 10.9. The summed E-state index contributed by atoms with van der Waals surface area (Å²) in [5.74, 6) is 0.691. The maximum absolute atomic E-state index is 12.2. The molecule has 1 aromatic carbocycles. The number of amides is 2. The van der Waals surface area contributed by atoms with E-state index in [1.165, 1.54) is 11.8 Å². The summed E-state index contributed by atoms with van der Waals surface area (Å²) in [6.07, 6.45) is 0.648. The molecular formula is C17H22ClN5O2S. The molecule has 26 heavy (non-hydrogen) atoms. The highest BCUT2D eigenvalue weighted by Gasteiger charge is 2.16. The lowest BCUT2D eigenvalue weighted by atomic mass is 10.2. The van der Waals surface area contributed by atoms with Gasteiger partial charge in [-0.25, -0.2) is 0 Å². The van der Waals surface area contributed by atoms with E-state index in [4.69, 9.17) is 17.3 Å². The van der Waals surface area contributed by atoms with E-state index in [2.05, 4.69) is 29.4 Å². The van der Waals surface area contributed by atoms with Gasteiger partial charge in [0, 0.05) is 19.4 Å². The van der Waals surface area contributed by atoms with E-state index < -0.39 is 0 Å². The lowest BCUT2D eigenvalue weighted by molar-refractivity contribution is -0.118. The molecule has 2 amide bonds. The number of anilines is 1. The van der Waals surface area contributed by atoms with Crippen molar-refractivity contribution < 1.29 is 9.59 Å². The molecule has 0 aliphatic heterocycles. The minimum absolute atomic E-state index is 0.178. The molecule has 0 saturated carbocycles. The molecule has 0 saturated heterocycles. The Morgan fingerprint density at radius 2 is 2.04 bits per heavy atom. The summed E-state index contributed by atoms with van der Waals surface area (Å²) in [5.41, 5.74) is 5.79. The number of thioether (sulfide) groups is 1. The zero-order chi connectivity index (χ0) is 19.1. The molecule has 2 aromatic rings. The second-order valence-electron chi connectivity index (χ2n) is 6.19. The summed E-state index contributed by atoms with van der Waals surface area (Å²) < 4.78 is 1.95. The van der Waals surface area contributed by atoms with E-state index in [0.717, 1.165) is 0 Å². The van der Waals surface area contributed by atoms with Crippen LogP contribution in [0.5, 0.6) is 0 Å². The summed E-state index contributed by atoms with van der Waals surface area (Å²) in [7, 11) is 0. The van der Waals surface area contributed by atoms with Crippen LogP contribution in [-0.4, -0.2) is 32.3 Å². The molecule has 3 N–H and O–H groups in total. The number of nitrogens with two attached hydrogens (primary N) is 1. The van der Waals surface area contributed by atoms with Crippen molar-refractivity contribution >= 4 is 40.9 Å². The molecule has 2 rings (SSSR count). The Morgan fingerprint density at radius 1 is 1.31 bits per heavy atom. The number of primary amides is 1. The first-order valence-corrected chi connectivity index (χ1v) is 9.60. The molecule has 0 spiro atoms. The van der Waals surface area contributed by atoms with Crippen molar-refractivity contribution in [2.24, 2.45) is 11.7 Å². The van der Waals surface area contributed by atoms with Gasteiger partial charge in [-0.3, -0.25) is 9.59 Å². The van der Waals surface area contributed by atoms with Crippen LogP contribution in [0.2, 0.25) is 5.02 Å². The first-order chi connectivity index (χ1) is 12.4. The van der Waals surface area contributed by atoms with Gasteiger partial charge in [-0.05, 0) is 18.1 Å². The summed E-state index contributed by atoms with van der Waals surface area (Å²) >= 11 is 7.34. The van der Waals surface area contributed by atoms with Gasteiger partial charge in [0.2, 0.25) is 11.8 Å². The van der Waals surface area contributed by atoms with Crippen LogP contribution < -0.4 is 11.1 Å². The molecule has 0 radical (unpaired) electrons. The molecule has 0 atom stereocenters. The number of halogens is 1. The Kier molecular flexibility index (Phi) is 7.47. The van der Waals surface area contributed by atoms with Crippen LogP contribution in [0, 0.1) is 5.92 Å². The first-order valence-electron chi connectivity index (χ1n) is 8.24. The Morgan fingerprint density at radius 3 is 2.69 bits per heavy atom. The smallest absolute Gasteiger partial charge is 0.234 e.